The summed E-state index contributed by atoms with van der Waals surface area (Å²) in [4.78, 5) is 37.1. The number of carboxylic acids is 1. The van der Waals surface area contributed by atoms with E-state index in [2.05, 4.69) is 0 Å². The SMILES string of the molecule is CO/C(=C1\C(=O)N(C(C)=O)c2cc(C(=O)O)ccc21)c1ccccc1. The molecule has 25 heavy (non-hydrogen) atoms. The molecule has 1 aliphatic heterocycles. The molecule has 0 bridgehead atoms. The van der Waals surface area contributed by atoms with Gasteiger partial charge in [-0.15, -0.1) is 0 Å². The van der Waals surface area contributed by atoms with Crippen LogP contribution in [0.2, 0.25) is 0 Å². The second-order valence-corrected chi connectivity index (χ2v) is 5.47. The molecule has 0 unspecified atom stereocenters. The highest BCUT2D eigenvalue weighted by Gasteiger charge is 2.38. The lowest BCUT2D eigenvalue weighted by Gasteiger charge is -2.13. The van der Waals surface area contributed by atoms with Crippen molar-refractivity contribution in [1.82, 2.24) is 0 Å². The Bertz CT molecular complexity index is 915. The van der Waals surface area contributed by atoms with Gasteiger partial charge < -0.3 is 9.84 Å². The van der Waals surface area contributed by atoms with E-state index in [1.54, 1.807) is 12.1 Å². The molecule has 6 nitrogen and oxygen atoms in total. The molecule has 1 aliphatic rings. The summed E-state index contributed by atoms with van der Waals surface area (Å²) < 4.78 is 5.46. The summed E-state index contributed by atoms with van der Waals surface area (Å²) >= 11 is 0. The number of amides is 2. The molecule has 2 aromatic carbocycles. The lowest BCUT2D eigenvalue weighted by Crippen LogP contribution is -2.31. The molecule has 6 heteroatoms. The highest BCUT2D eigenvalue weighted by molar-refractivity contribution is 6.43. The van der Waals surface area contributed by atoms with Crippen molar-refractivity contribution in [2.24, 2.45) is 0 Å². The fourth-order valence-corrected chi connectivity index (χ4v) is 2.88. The standard InChI is InChI=1S/C19H15NO5/c1-11(21)20-15-10-13(19(23)24)8-9-14(15)16(18(20)22)17(25-2)12-6-4-3-5-7-12/h3-10H,1-2H3,(H,23,24)/b17-16-. The summed E-state index contributed by atoms with van der Waals surface area (Å²) in [7, 11) is 1.45. The zero-order valence-electron chi connectivity index (χ0n) is 13.6. The van der Waals surface area contributed by atoms with Crippen LogP contribution in [0.15, 0.2) is 48.5 Å². The van der Waals surface area contributed by atoms with Gasteiger partial charge in [-0.2, -0.15) is 0 Å². The zero-order valence-corrected chi connectivity index (χ0v) is 13.6. The van der Waals surface area contributed by atoms with Gasteiger partial charge in [0.25, 0.3) is 5.91 Å². The summed E-state index contributed by atoms with van der Waals surface area (Å²) in [5.74, 6) is -1.83. The van der Waals surface area contributed by atoms with Crippen LogP contribution in [0.25, 0.3) is 11.3 Å². The normalized spacial score (nSPS) is 15.0. The van der Waals surface area contributed by atoms with Gasteiger partial charge in [-0.3, -0.25) is 9.59 Å². The zero-order chi connectivity index (χ0) is 18.1. The number of anilines is 1. The van der Waals surface area contributed by atoms with E-state index in [0.717, 1.165) is 4.90 Å². The van der Waals surface area contributed by atoms with Gasteiger partial charge in [-0.25, -0.2) is 9.69 Å². The third kappa shape index (κ3) is 2.67. The fraction of sp³-hybridized carbons (Fsp3) is 0.105. The number of methoxy groups -OCH3 is 1. The monoisotopic (exact) mass is 337 g/mol. The van der Waals surface area contributed by atoms with Gasteiger partial charge in [0.1, 0.15) is 5.76 Å². The number of hydrogen-bond acceptors (Lipinski definition) is 4. The van der Waals surface area contributed by atoms with Crippen LogP contribution in [-0.4, -0.2) is 30.0 Å². The van der Waals surface area contributed by atoms with Gasteiger partial charge in [0.05, 0.1) is 23.9 Å². The minimum atomic E-state index is -1.13. The number of nitrogens with zero attached hydrogens (tertiary/aromatic N) is 1. The number of benzene rings is 2. The molecule has 0 spiro atoms. The molecule has 0 radical (unpaired) electrons. The predicted octanol–water partition coefficient (Wildman–Crippen LogP) is 2.79. The molecule has 1 heterocycles. The number of hydrogen-bond donors (Lipinski definition) is 1. The first kappa shape index (κ1) is 16.4. The van der Waals surface area contributed by atoms with Crippen molar-refractivity contribution in [3.63, 3.8) is 0 Å². The van der Waals surface area contributed by atoms with Crippen molar-refractivity contribution in [3.05, 3.63) is 65.2 Å². The number of carboxylic acid groups (broad SMARTS) is 1. The molecule has 0 aliphatic carbocycles. The number of aromatic carboxylic acids is 1. The van der Waals surface area contributed by atoms with Crippen LogP contribution in [-0.2, 0) is 14.3 Å². The lowest BCUT2D eigenvalue weighted by molar-refractivity contribution is -0.122. The van der Waals surface area contributed by atoms with Crippen LogP contribution in [0, 0.1) is 0 Å². The largest absolute Gasteiger partial charge is 0.495 e. The quantitative estimate of drug-likeness (QED) is 0.688. The van der Waals surface area contributed by atoms with Crippen molar-refractivity contribution in [1.29, 1.82) is 0 Å². The molecule has 0 fully saturated rings. The molecule has 0 aromatic heterocycles. The molecule has 0 saturated carbocycles. The Balaban J connectivity index is 2.30. The van der Waals surface area contributed by atoms with E-state index in [1.807, 2.05) is 18.2 Å². The van der Waals surface area contributed by atoms with Crippen LogP contribution in [0.5, 0.6) is 0 Å². The van der Waals surface area contributed by atoms with Gasteiger partial charge >= 0.3 is 5.97 Å². The van der Waals surface area contributed by atoms with E-state index in [-0.39, 0.29) is 16.8 Å². The van der Waals surface area contributed by atoms with E-state index >= 15 is 0 Å². The highest BCUT2D eigenvalue weighted by atomic mass is 16.5. The minimum Gasteiger partial charge on any atom is -0.495 e. The second kappa shape index (κ2) is 6.24. The average Bonchev–Trinajstić information content (AvgIpc) is 2.88. The highest BCUT2D eigenvalue weighted by Crippen LogP contribution is 2.41. The molecule has 2 amide bonds. The first-order valence-electron chi connectivity index (χ1n) is 7.52. The van der Waals surface area contributed by atoms with Gasteiger partial charge in [0.15, 0.2) is 0 Å². The third-order valence-electron chi connectivity index (χ3n) is 3.95. The van der Waals surface area contributed by atoms with Crippen molar-refractivity contribution in [2.75, 3.05) is 12.0 Å². The van der Waals surface area contributed by atoms with Crippen LogP contribution < -0.4 is 4.90 Å². The molecular formula is C19H15NO5. The molecule has 0 saturated heterocycles. The summed E-state index contributed by atoms with van der Waals surface area (Å²) in [6, 6.07) is 13.3. The predicted molar refractivity (Wildman–Crippen MR) is 91.8 cm³/mol. The summed E-state index contributed by atoms with van der Waals surface area (Å²) in [5.41, 5.74) is 1.63. The number of ether oxygens (including phenoxy) is 1. The van der Waals surface area contributed by atoms with Crippen molar-refractivity contribution in [2.45, 2.75) is 6.92 Å². The number of carbonyl (C=O) groups excluding carboxylic acids is 2. The minimum absolute atomic E-state index is 0.00210. The number of carbonyl (C=O) groups is 3. The Hall–Kier alpha value is -3.41. The van der Waals surface area contributed by atoms with Gasteiger partial charge in [-0.05, 0) is 12.1 Å². The van der Waals surface area contributed by atoms with Crippen LogP contribution >= 0.6 is 0 Å². The van der Waals surface area contributed by atoms with Gasteiger partial charge in [0, 0.05) is 18.1 Å². The molecule has 126 valence electrons. The maximum absolute atomic E-state index is 12.9. The summed E-state index contributed by atoms with van der Waals surface area (Å²) in [6.07, 6.45) is 0. The molecular weight excluding hydrogens is 322 g/mol. The third-order valence-corrected chi connectivity index (χ3v) is 3.95. The van der Waals surface area contributed by atoms with Crippen molar-refractivity contribution in [3.8, 4) is 0 Å². The van der Waals surface area contributed by atoms with Crippen molar-refractivity contribution < 1.29 is 24.2 Å². The van der Waals surface area contributed by atoms with Crippen LogP contribution in [0.1, 0.15) is 28.4 Å². The van der Waals surface area contributed by atoms with Crippen molar-refractivity contribution >= 4 is 34.8 Å². The van der Waals surface area contributed by atoms with E-state index in [1.165, 1.54) is 32.2 Å². The van der Waals surface area contributed by atoms with E-state index in [0.29, 0.717) is 16.9 Å². The Morgan fingerprint density at radius 3 is 2.28 bits per heavy atom. The molecule has 2 aromatic rings. The summed E-state index contributed by atoms with van der Waals surface area (Å²) in [6.45, 7) is 1.26. The number of rotatable bonds is 3. The lowest BCUT2D eigenvalue weighted by atomic mass is 10.0. The Morgan fingerprint density at radius 1 is 1.04 bits per heavy atom. The van der Waals surface area contributed by atoms with E-state index in [4.69, 9.17) is 4.74 Å². The topological polar surface area (TPSA) is 83.9 Å². The average molecular weight is 337 g/mol. The van der Waals surface area contributed by atoms with E-state index < -0.39 is 17.8 Å². The molecule has 3 rings (SSSR count). The first-order valence-corrected chi connectivity index (χ1v) is 7.52. The Labute approximate surface area is 143 Å². The Morgan fingerprint density at radius 2 is 1.72 bits per heavy atom. The van der Waals surface area contributed by atoms with Crippen LogP contribution in [0.4, 0.5) is 5.69 Å². The summed E-state index contributed by atoms with van der Waals surface area (Å²) in [5, 5.41) is 9.18. The van der Waals surface area contributed by atoms with Crippen LogP contribution in [0.3, 0.4) is 0 Å². The smallest absolute Gasteiger partial charge is 0.335 e. The Kier molecular flexibility index (Phi) is 4.10. The van der Waals surface area contributed by atoms with E-state index in [9.17, 15) is 19.5 Å². The number of imide groups is 1. The molecule has 1 N–H and O–H groups in total. The first-order chi connectivity index (χ1) is 12.0. The number of fused-ring (bicyclic) bond motifs is 1. The maximum atomic E-state index is 12.9. The van der Waals surface area contributed by atoms with Gasteiger partial charge in [0.2, 0.25) is 5.91 Å². The molecule has 0 atom stereocenters. The maximum Gasteiger partial charge on any atom is 0.335 e. The second-order valence-electron chi connectivity index (χ2n) is 5.47. The van der Waals surface area contributed by atoms with Gasteiger partial charge in [-0.1, -0.05) is 36.4 Å². The fourth-order valence-electron chi connectivity index (χ4n) is 2.88.